The lowest BCUT2D eigenvalue weighted by Gasteiger charge is -2.17. The van der Waals surface area contributed by atoms with E-state index in [1.807, 2.05) is 0 Å². The van der Waals surface area contributed by atoms with Crippen LogP contribution in [0.5, 0.6) is 0 Å². The van der Waals surface area contributed by atoms with Crippen molar-refractivity contribution in [3.05, 3.63) is 105 Å². The molecule has 10 heteroatoms. The molecule has 0 radical (unpaired) electrons. The third kappa shape index (κ3) is 5.41. The van der Waals surface area contributed by atoms with E-state index < -0.39 is 17.8 Å². The van der Waals surface area contributed by atoms with E-state index in [0.717, 1.165) is 5.56 Å². The molecule has 1 amide bonds. The van der Waals surface area contributed by atoms with Crippen molar-refractivity contribution in [3.63, 3.8) is 0 Å². The Morgan fingerprint density at radius 1 is 1.06 bits per heavy atom. The first-order valence-electron chi connectivity index (χ1n) is 10.2. The topological polar surface area (TPSA) is 59.8 Å². The van der Waals surface area contributed by atoms with Crippen LogP contribution in [0.1, 0.15) is 34.7 Å². The van der Waals surface area contributed by atoms with Gasteiger partial charge in [0.15, 0.2) is 11.0 Å². The molecule has 0 spiro atoms. The third-order valence-corrected chi connectivity index (χ3v) is 6.48. The molecule has 4 aromatic rings. The average Bonchev–Trinajstić information content (AvgIpc) is 3.23. The van der Waals surface area contributed by atoms with Gasteiger partial charge in [-0.25, -0.2) is 8.78 Å². The fourth-order valence-electron chi connectivity index (χ4n) is 3.26. The van der Waals surface area contributed by atoms with Crippen LogP contribution in [0.15, 0.2) is 71.9 Å². The minimum atomic E-state index is -0.633. The predicted octanol–water partition coefficient (Wildman–Crippen LogP) is 6.64. The minimum absolute atomic E-state index is 0.0733. The van der Waals surface area contributed by atoms with Crippen LogP contribution < -0.4 is 5.32 Å². The Bertz CT molecular complexity index is 1330. The Morgan fingerprint density at radius 2 is 1.79 bits per heavy atom. The van der Waals surface area contributed by atoms with E-state index in [1.54, 1.807) is 47.9 Å². The maximum atomic E-state index is 14.1. The van der Waals surface area contributed by atoms with Crippen LogP contribution in [0.4, 0.5) is 8.78 Å². The normalized spacial score (nSPS) is 11.9. The highest BCUT2D eigenvalue weighted by atomic mass is 35.5. The maximum Gasteiger partial charge on any atom is 0.254 e. The first-order chi connectivity index (χ1) is 16.3. The van der Waals surface area contributed by atoms with Gasteiger partial charge in [0.25, 0.3) is 5.91 Å². The zero-order valence-corrected chi connectivity index (χ0v) is 20.1. The molecule has 3 aromatic carbocycles. The molecule has 174 valence electrons. The van der Waals surface area contributed by atoms with Crippen LogP contribution in [0, 0.1) is 11.6 Å². The Morgan fingerprint density at radius 3 is 2.50 bits per heavy atom. The Balaban J connectivity index is 1.66. The van der Waals surface area contributed by atoms with Crippen LogP contribution in [0.2, 0.25) is 10.0 Å². The van der Waals surface area contributed by atoms with Gasteiger partial charge in [-0.15, -0.1) is 10.2 Å². The van der Waals surface area contributed by atoms with Crippen molar-refractivity contribution in [2.45, 2.75) is 23.9 Å². The van der Waals surface area contributed by atoms with Crippen LogP contribution in [0.25, 0.3) is 5.69 Å². The van der Waals surface area contributed by atoms with Gasteiger partial charge < -0.3 is 5.32 Å². The molecule has 0 aliphatic heterocycles. The van der Waals surface area contributed by atoms with Gasteiger partial charge in [0.2, 0.25) is 0 Å². The summed E-state index contributed by atoms with van der Waals surface area (Å²) in [4.78, 5) is 12.7. The molecule has 5 nitrogen and oxygen atoms in total. The van der Waals surface area contributed by atoms with E-state index in [9.17, 15) is 13.6 Å². The highest BCUT2D eigenvalue weighted by Crippen LogP contribution is 2.32. The SMILES string of the molecule is CC(NC(=O)c1ccccc1F)c1nnc(SCc2ccc(F)cc2)n1-c1ccc(Cl)cc1Cl. The first-order valence-corrected chi connectivity index (χ1v) is 11.9. The smallest absolute Gasteiger partial charge is 0.254 e. The number of carbonyl (C=O) groups excluding carboxylic acids is 1. The number of benzene rings is 3. The number of aromatic nitrogens is 3. The van der Waals surface area contributed by atoms with Crippen molar-refractivity contribution >= 4 is 40.9 Å². The van der Waals surface area contributed by atoms with Gasteiger partial charge in [0.1, 0.15) is 11.6 Å². The maximum absolute atomic E-state index is 14.1. The summed E-state index contributed by atoms with van der Waals surface area (Å²) in [5, 5.41) is 12.7. The van der Waals surface area contributed by atoms with Crippen LogP contribution in [0.3, 0.4) is 0 Å². The summed E-state index contributed by atoms with van der Waals surface area (Å²) in [5.74, 6) is -0.616. The van der Waals surface area contributed by atoms with Gasteiger partial charge >= 0.3 is 0 Å². The van der Waals surface area contributed by atoms with Crippen molar-refractivity contribution in [2.75, 3.05) is 0 Å². The summed E-state index contributed by atoms with van der Waals surface area (Å²) in [7, 11) is 0. The van der Waals surface area contributed by atoms with Crippen molar-refractivity contribution < 1.29 is 13.6 Å². The molecule has 0 saturated carbocycles. The number of hydrogen-bond acceptors (Lipinski definition) is 4. The molecule has 1 unspecified atom stereocenters. The summed E-state index contributed by atoms with van der Waals surface area (Å²) in [6.07, 6.45) is 0. The molecule has 0 saturated heterocycles. The molecule has 4 rings (SSSR count). The number of hydrogen-bond donors (Lipinski definition) is 1. The number of nitrogens with zero attached hydrogens (tertiary/aromatic N) is 3. The van der Waals surface area contributed by atoms with Gasteiger partial charge in [-0.05, 0) is 55.0 Å². The number of rotatable bonds is 7. The zero-order chi connectivity index (χ0) is 24.2. The van der Waals surface area contributed by atoms with Gasteiger partial charge in [-0.2, -0.15) is 0 Å². The monoisotopic (exact) mass is 518 g/mol. The zero-order valence-electron chi connectivity index (χ0n) is 17.8. The van der Waals surface area contributed by atoms with E-state index in [1.165, 1.54) is 42.1 Å². The Labute approximate surface area is 209 Å². The van der Waals surface area contributed by atoms with Crippen LogP contribution in [-0.2, 0) is 5.75 Å². The van der Waals surface area contributed by atoms with E-state index in [2.05, 4.69) is 15.5 Å². The molecule has 1 aromatic heterocycles. The highest BCUT2D eigenvalue weighted by molar-refractivity contribution is 7.98. The lowest BCUT2D eigenvalue weighted by atomic mass is 10.2. The lowest BCUT2D eigenvalue weighted by molar-refractivity contribution is 0.0934. The Hall–Kier alpha value is -2.94. The quantitative estimate of drug-likeness (QED) is 0.278. The van der Waals surface area contributed by atoms with E-state index >= 15 is 0 Å². The highest BCUT2D eigenvalue weighted by Gasteiger charge is 2.23. The minimum Gasteiger partial charge on any atom is -0.342 e. The molecule has 0 aliphatic rings. The molecule has 34 heavy (non-hydrogen) atoms. The second-order valence-corrected chi connectivity index (χ2v) is 9.15. The van der Waals surface area contributed by atoms with Gasteiger partial charge in [-0.1, -0.05) is 59.2 Å². The lowest BCUT2D eigenvalue weighted by Crippen LogP contribution is -2.29. The van der Waals surface area contributed by atoms with Crippen LogP contribution in [-0.4, -0.2) is 20.7 Å². The van der Waals surface area contributed by atoms with Crippen LogP contribution >= 0.6 is 35.0 Å². The summed E-state index contributed by atoms with van der Waals surface area (Å²) in [6.45, 7) is 1.72. The standard InChI is InChI=1S/C24H18Cl2F2N4OS/c1-14(29-23(33)18-4-2-3-5-20(18)28)22-30-31-24(34-13-15-6-9-17(27)10-7-15)32(22)21-11-8-16(25)12-19(21)26/h2-12,14H,13H2,1H3,(H,29,33). The van der Waals surface area contributed by atoms with Gasteiger partial charge in [0.05, 0.1) is 22.3 Å². The molecular weight excluding hydrogens is 501 g/mol. The molecule has 0 fully saturated rings. The molecular formula is C24H18Cl2F2N4OS. The largest absolute Gasteiger partial charge is 0.342 e. The third-order valence-electron chi connectivity index (χ3n) is 4.94. The van der Waals surface area contributed by atoms with E-state index in [0.29, 0.717) is 32.5 Å². The van der Waals surface area contributed by atoms with Gasteiger partial charge in [-0.3, -0.25) is 9.36 Å². The summed E-state index contributed by atoms with van der Waals surface area (Å²) < 4.78 is 29.0. The predicted molar refractivity (Wildman–Crippen MR) is 130 cm³/mol. The average molecular weight is 519 g/mol. The summed E-state index contributed by atoms with van der Waals surface area (Å²) in [6, 6.07) is 16.3. The number of halogens is 4. The molecule has 0 aliphatic carbocycles. The second kappa shape index (κ2) is 10.5. The van der Waals surface area contributed by atoms with Crippen molar-refractivity contribution in [1.82, 2.24) is 20.1 Å². The summed E-state index contributed by atoms with van der Waals surface area (Å²) in [5.41, 5.74) is 1.39. The number of thioether (sulfide) groups is 1. The van der Waals surface area contributed by atoms with E-state index in [4.69, 9.17) is 23.2 Å². The van der Waals surface area contributed by atoms with Gasteiger partial charge in [0, 0.05) is 10.8 Å². The number of nitrogens with one attached hydrogen (secondary N) is 1. The molecule has 0 bridgehead atoms. The van der Waals surface area contributed by atoms with E-state index in [-0.39, 0.29) is 11.4 Å². The first kappa shape index (κ1) is 24.2. The fraction of sp³-hybridized carbons (Fsp3) is 0.125. The second-order valence-electron chi connectivity index (χ2n) is 7.36. The number of amides is 1. The van der Waals surface area contributed by atoms with Crippen molar-refractivity contribution in [2.24, 2.45) is 0 Å². The Kier molecular flexibility index (Phi) is 7.50. The summed E-state index contributed by atoms with van der Waals surface area (Å²) >= 11 is 13.9. The molecule has 1 N–H and O–H groups in total. The van der Waals surface area contributed by atoms with Crippen molar-refractivity contribution in [1.29, 1.82) is 0 Å². The molecule has 1 atom stereocenters. The molecule has 1 heterocycles. The fourth-order valence-corrected chi connectivity index (χ4v) is 4.66. The van der Waals surface area contributed by atoms with Crippen molar-refractivity contribution in [3.8, 4) is 5.69 Å². The number of carbonyl (C=O) groups is 1.